The van der Waals surface area contributed by atoms with Gasteiger partial charge >= 0.3 is 23.9 Å². The fraction of sp³-hybridized carbons (Fsp3) is 0.235. The summed E-state index contributed by atoms with van der Waals surface area (Å²) in [5, 5.41) is 0. The third kappa shape index (κ3) is 6.19. The fourth-order valence-electron chi connectivity index (χ4n) is 1.67. The van der Waals surface area contributed by atoms with E-state index in [0.717, 1.165) is 20.1 Å². The monoisotopic (exact) mass is 364 g/mol. The Labute approximate surface area is 148 Å². The van der Waals surface area contributed by atoms with Crippen LogP contribution in [0.5, 0.6) is 5.75 Å². The third-order valence-electron chi connectivity index (χ3n) is 2.86. The molecule has 0 aliphatic heterocycles. The highest BCUT2D eigenvalue weighted by molar-refractivity contribution is 6.13. The summed E-state index contributed by atoms with van der Waals surface area (Å²) in [6.45, 7) is 0.950. The van der Waals surface area contributed by atoms with Gasteiger partial charge in [-0.3, -0.25) is 9.59 Å². The molecule has 1 aromatic rings. The molecule has 0 saturated carbocycles. The maximum Gasteiger partial charge on any atom is 0.363 e. The lowest BCUT2D eigenvalue weighted by molar-refractivity contribution is -0.168. The van der Waals surface area contributed by atoms with Crippen molar-refractivity contribution in [3.05, 3.63) is 42.0 Å². The Morgan fingerprint density at radius 3 is 2.00 bits per heavy atom. The number of Topliss-reactive ketones (excluding diaryl/α,β-unsaturated/α-hetero) is 1. The first-order valence-electron chi connectivity index (χ1n) is 7.15. The lowest BCUT2D eigenvalue weighted by Gasteiger charge is -2.14. The second-order valence-electron chi connectivity index (χ2n) is 4.68. The van der Waals surface area contributed by atoms with Crippen molar-refractivity contribution in [3.63, 3.8) is 0 Å². The van der Waals surface area contributed by atoms with E-state index in [1.807, 2.05) is 0 Å². The van der Waals surface area contributed by atoms with E-state index in [0.29, 0.717) is 11.8 Å². The number of hydrogen-bond donors (Lipinski definition) is 0. The third-order valence-corrected chi connectivity index (χ3v) is 2.86. The van der Waals surface area contributed by atoms with Crippen LogP contribution in [-0.4, -0.2) is 50.0 Å². The van der Waals surface area contributed by atoms with Gasteiger partial charge < -0.3 is 18.9 Å². The van der Waals surface area contributed by atoms with Crippen LogP contribution in [0.1, 0.15) is 17.3 Å². The number of esters is 4. The largest absolute Gasteiger partial charge is 0.497 e. The molecule has 1 aromatic carbocycles. The molecule has 0 heterocycles. The average molecular weight is 364 g/mol. The zero-order chi connectivity index (χ0) is 19.7. The highest BCUT2D eigenvalue weighted by Crippen LogP contribution is 2.15. The number of carbonyl (C=O) groups is 5. The maximum atomic E-state index is 12.5. The van der Waals surface area contributed by atoms with E-state index in [1.165, 1.54) is 31.4 Å². The quantitative estimate of drug-likeness (QED) is 0.225. The van der Waals surface area contributed by atoms with Gasteiger partial charge in [0, 0.05) is 24.6 Å². The molecule has 1 unspecified atom stereocenters. The van der Waals surface area contributed by atoms with Crippen LogP contribution in [0.3, 0.4) is 0 Å². The van der Waals surface area contributed by atoms with Crippen LogP contribution >= 0.6 is 0 Å². The summed E-state index contributed by atoms with van der Waals surface area (Å²) in [6, 6.07) is 5.60. The molecular weight excluding hydrogens is 348 g/mol. The topological polar surface area (TPSA) is 122 Å². The van der Waals surface area contributed by atoms with Crippen LogP contribution in [0.25, 0.3) is 0 Å². The summed E-state index contributed by atoms with van der Waals surface area (Å²) in [7, 11) is 2.53. The van der Waals surface area contributed by atoms with Crippen molar-refractivity contribution < 1.29 is 42.9 Å². The normalized spacial score (nSPS) is 11.3. The number of rotatable bonds is 7. The minimum Gasteiger partial charge on any atom is -0.497 e. The van der Waals surface area contributed by atoms with Crippen molar-refractivity contribution in [2.75, 3.05) is 14.2 Å². The van der Waals surface area contributed by atoms with Gasteiger partial charge in [-0.05, 0) is 24.3 Å². The van der Waals surface area contributed by atoms with Gasteiger partial charge in [-0.15, -0.1) is 0 Å². The molecule has 0 saturated heterocycles. The predicted molar refractivity (Wildman–Crippen MR) is 85.1 cm³/mol. The van der Waals surface area contributed by atoms with Crippen molar-refractivity contribution in [2.24, 2.45) is 0 Å². The van der Waals surface area contributed by atoms with E-state index in [9.17, 15) is 24.0 Å². The van der Waals surface area contributed by atoms with Crippen LogP contribution < -0.4 is 4.74 Å². The summed E-state index contributed by atoms with van der Waals surface area (Å²) in [6.07, 6.45) is -0.614. The zero-order valence-corrected chi connectivity index (χ0v) is 14.2. The molecule has 0 spiro atoms. The van der Waals surface area contributed by atoms with Crippen LogP contribution in [0.4, 0.5) is 0 Å². The van der Waals surface area contributed by atoms with Crippen LogP contribution in [0, 0.1) is 0 Å². The van der Waals surface area contributed by atoms with Crippen molar-refractivity contribution in [1.82, 2.24) is 0 Å². The van der Waals surface area contributed by atoms with Gasteiger partial charge in [0.05, 0.1) is 14.2 Å². The molecule has 9 nitrogen and oxygen atoms in total. The number of benzene rings is 1. The predicted octanol–water partition coefficient (Wildman–Crippen LogP) is 0.609. The highest BCUT2D eigenvalue weighted by Gasteiger charge is 2.33. The second kappa shape index (κ2) is 9.72. The Balaban J connectivity index is 3.03. The first kappa shape index (κ1) is 20.6. The van der Waals surface area contributed by atoms with E-state index in [1.54, 1.807) is 0 Å². The molecule has 0 N–H and O–H groups in total. The van der Waals surface area contributed by atoms with Crippen molar-refractivity contribution in [1.29, 1.82) is 0 Å². The zero-order valence-electron chi connectivity index (χ0n) is 14.2. The van der Waals surface area contributed by atoms with Crippen molar-refractivity contribution >= 4 is 29.7 Å². The summed E-state index contributed by atoms with van der Waals surface area (Å²) >= 11 is 0. The summed E-state index contributed by atoms with van der Waals surface area (Å²) in [5.74, 6) is -4.82. The van der Waals surface area contributed by atoms with E-state index < -0.39 is 35.8 Å². The van der Waals surface area contributed by atoms with Gasteiger partial charge in [-0.2, -0.15) is 0 Å². The molecular formula is C17H16O9. The molecule has 0 bridgehead atoms. The molecule has 9 heteroatoms. The molecule has 0 aliphatic carbocycles. The van der Waals surface area contributed by atoms with E-state index >= 15 is 0 Å². The number of methoxy groups -OCH3 is 2. The molecule has 0 fully saturated rings. The first-order valence-corrected chi connectivity index (χ1v) is 7.15. The number of ketones is 1. The minimum atomic E-state index is -2.03. The van der Waals surface area contributed by atoms with E-state index in [-0.39, 0.29) is 5.56 Å². The summed E-state index contributed by atoms with van der Waals surface area (Å²) < 4.78 is 18.3. The first-order chi connectivity index (χ1) is 12.3. The molecule has 138 valence electrons. The highest BCUT2D eigenvalue weighted by atomic mass is 16.6. The maximum absolute atomic E-state index is 12.5. The van der Waals surface area contributed by atoms with Gasteiger partial charge in [-0.1, -0.05) is 0 Å². The summed E-state index contributed by atoms with van der Waals surface area (Å²) in [5.41, 5.74) is 0.0149. The Morgan fingerprint density at radius 1 is 0.923 bits per heavy atom. The molecule has 0 aromatic heterocycles. The van der Waals surface area contributed by atoms with Crippen LogP contribution in [0.15, 0.2) is 36.4 Å². The van der Waals surface area contributed by atoms with Crippen molar-refractivity contribution in [2.45, 2.75) is 13.0 Å². The Kier molecular flexibility index (Phi) is 7.68. The Hall–Kier alpha value is -3.49. The van der Waals surface area contributed by atoms with Gasteiger partial charge in [0.15, 0.2) is 0 Å². The number of hydrogen-bond acceptors (Lipinski definition) is 9. The van der Waals surface area contributed by atoms with Gasteiger partial charge in [0.1, 0.15) is 5.75 Å². The van der Waals surface area contributed by atoms with Gasteiger partial charge in [0.25, 0.3) is 6.10 Å². The van der Waals surface area contributed by atoms with Crippen LogP contribution in [-0.2, 0) is 33.4 Å². The van der Waals surface area contributed by atoms with Gasteiger partial charge in [-0.25, -0.2) is 14.4 Å². The SMILES string of the molecule is COC(=O)C=CC(=O)OC(C(=O)OC(C)=O)C(=O)c1ccc(OC)cc1. The second-order valence-corrected chi connectivity index (χ2v) is 4.68. The molecule has 1 atom stereocenters. The average Bonchev–Trinajstić information content (AvgIpc) is 2.62. The van der Waals surface area contributed by atoms with Crippen molar-refractivity contribution in [3.8, 4) is 5.75 Å². The van der Waals surface area contributed by atoms with Crippen LogP contribution in [0.2, 0.25) is 0 Å². The number of ether oxygens (including phenoxy) is 4. The van der Waals surface area contributed by atoms with E-state index in [4.69, 9.17) is 9.47 Å². The Bertz CT molecular complexity index is 731. The smallest absolute Gasteiger partial charge is 0.363 e. The standard InChI is InChI=1S/C17H16O9/c1-10(18)25-17(22)16(26-14(20)9-8-13(19)24-3)15(21)11-4-6-12(23-2)7-5-11/h4-9,16H,1-3H3. The van der Waals surface area contributed by atoms with E-state index in [2.05, 4.69) is 9.47 Å². The molecule has 0 aliphatic rings. The Morgan fingerprint density at radius 2 is 1.50 bits per heavy atom. The van der Waals surface area contributed by atoms with Gasteiger partial charge in [0.2, 0.25) is 5.78 Å². The molecule has 0 amide bonds. The molecule has 1 rings (SSSR count). The summed E-state index contributed by atoms with van der Waals surface area (Å²) in [4.78, 5) is 58.0. The number of carbonyl (C=O) groups excluding carboxylic acids is 5. The minimum absolute atomic E-state index is 0.0149. The lowest BCUT2D eigenvalue weighted by Crippen LogP contribution is -2.37. The molecule has 0 radical (unpaired) electrons. The molecule has 26 heavy (non-hydrogen) atoms. The fourth-order valence-corrected chi connectivity index (χ4v) is 1.67. The lowest BCUT2D eigenvalue weighted by atomic mass is 10.1.